The van der Waals surface area contributed by atoms with Crippen molar-refractivity contribution in [3.8, 4) is 11.5 Å². The van der Waals surface area contributed by atoms with Crippen molar-refractivity contribution < 1.29 is 28.6 Å². The van der Waals surface area contributed by atoms with Crippen LogP contribution in [-0.4, -0.2) is 43.1 Å². The number of esters is 1. The Bertz CT molecular complexity index is 1130. The molecule has 1 N–H and O–H groups in total. The van der Waals surface area contributed by atoms with Gasteiger partial charge in [0.2, 0.25) is 0 Å². The summed E-state index contributed by atoms with van der Waals surface area (Å²) in [5.74, 6) is -0.192. The van der Waals surface area contributed by atoms with E-state index in [2.05, 4.69) is 39.2 Å². The number of nitrogens with one attached hydrogen (secondary N) is 1. The van der Waals surface area contributed by atoms with Crippen molar-refractivity contribution >= 4 is 46.6 Å². The molecule has 1 saturated heterocycles. The average Bonchev–Trinajstić information content (AvgIpc) is 3.07. The van der Waals surface area contributed by atoms with Crippen LogP contribution in [0.1, 0.15) is 23.6 Å². The van der Waals surface area contributed by atoms with Gasteiger partial charge >= 0.3 is 12.0 Å². The molecule has 0 atom stereocenters. The third-order valence-corrected chi connectivity index (χ3v) is 5.62. The Morgan fingerprint density at radius 3 is 2.56 bits per heavy atom. The predicted octanol–water partition coefficient (Wildman–Crippen LogP) is 4.06. The van der Waals surface area contributed by atoms with Gasteiger partial charge in [-0.2, -0.15) is 0 Å². The van der Waals surface area contributed by atoms with Crippen LogP contribution in [0.5, 0.6) is 11.5 Å². The molecular formula is C25H25IN2O6. The molecule has 1 aliphatic rings. The zero-order valence-electron chi connectivity index (χ0n) is 18.9. The fourth-order valence-corrected chi connectivity index (χ4v) is 3.67. The highest BCUT2D eigenvalue weighted by Gasteiger charge is 2.35. The third kappa shape index (κ3) is 6.16. The molecule has 0 bridgehead atoms. The minimum Gasteiger partial charge on any atom is -0.490 e. The summed E-state index contributed by atoms with van der Waals surface area (Å²) in [5, 5.41) is 2.50. The van der Waals surface area contributed by atoms with Crippen molar-refractivity contribution in [1.82, 2.24) is 10.2 Å². The Morgan fingerprint density at radius 1 is 1.18 bits per heavy atom. The number of benzene rings is 2. The van der Waals surface area contributed by atoms with Gasteiger partial charge in [0.05, 0.1) is 13.7 Å². The van der Waals surface area contributed by atoms with Crippen molar-refractivity contribution in [3.63, 3.8) is 0 Å². The average molecular weight is 576 g/mol. The van der Waals surface area contributed by atoms with Crippen LogP contribution < -0.4 is 14.8 Å². The van der Waals surface area contributed by atoms with E-state index in [-0.39, 0.29) is 5.70 Å². The molecule has 0 aromatic heterocycles. The maximum atomic E-state index is 12.6. The number of nitrogens with zero attached hydrogens (tertiary/aromatic N) is 1. The molecule has 0 aliphatic carbocycles. The van der Waals surface area contributed by atoms with Crippen molar-refractivity contribution in [1.29, 1.82) is 0 Å². The van der Waals surface area contributed by atoms with Crippen molar-refractivity contribution in [2.24, 2.45) is 0 Å². The fourth-order valence-electron chi connectivity index (χ4n) is 3.31. The van der Waals surface area contributed by atoms with Gasteiger partial charge in [-0.15, -0.1) is 6.58 Å². The quantitative estimate of drug-likeness (QED) is 0.151. The predicted molar refractivity (Wildman–Crippen MR) is 135 cm³/mol. The summed E-state index contributed by atoms with van der Waals surface area (Å²) in [6.07, 6.45) is 3.80. The number of hydrogen-bond donors (Lipinski definition) is 1. The molecule has 2 aromatic carbocycles. The molecule has 0 spiro atoms. The number of methoxy groups -OCH3 is 1. The highest BCUT2D eigenvalue weighted by atomic mass is 127. The normalized spacial score (nSPS) is 14.2. The second-order valence-corrected chi connectivity index (χ2v) is 8.55. The summed E-state index contributed by atoms with van der Waals surface area (Å²) in [5.41, 5.74) is 2.52. The Labute approximate surface area is 211 Å². The lowest BCUT2D eigenvalue weighted by molar-refractivity contribution is -0.143. The molecule has 3 amide bonds. The summed E-state index contributed by atoms with van der Waals surface area (Å²) in [6, 6.07) is 10.9. The van der Waals surface area contributed by atoms with Gasteiger partial charge in [-0.3, -0.25) is 9.59 Å². The summed E-state index contributed by atoms with van der Waals surface area (Å²) < 4.78 is 17.7. The topological polar surface area (TPSA) is 94.2 Å². The van der Waals surface area contributed by atoms with E-state index >= 15 is 0 Å². The highest BCUT2D eigenvalue weighted by molar-refractivity contribution is 14.1. The van der Waals surface area contributed by atoms with Gasteiger partial charge in [0, 0.05) is 9.13 Å². The Balaban J connectivity index is 1.92. The highest BCUT2D eigenvalue weighted by Crippen LogP contribution is 2.35. The van der Waals surface area contributed by atoms with Gasteiger partial charge < -0.3 is 19.5 Å². The van der Waals surface area contributed by atoms with Crippen LogP contribution >= 0.6 is 22.6 Å². The molecule has 1 aliphatic heterocycles. The van der Waals surface area contributed by atoms with Crippen LogP contribution in [0.4, 0.5) is 4.79 Å². The smallest absolute Gasteiger partial charge is 0.329 e. The Hall–Kier alpha value is -3.34. The monoisotopic (exact) mass is 576 g/mol. The van der Waals surface area contributed by atoms with Crippen molar-refractivity contribution in [2.45, 2.75) is 20.0 Å². The number of allylic oxidation sites excluding steroid dienone is 1. The molecule has 0 radical (unpaired) electrons. The number of hydrogen-bond acceptors (Lipinski definition) is 6. The number of urea groups is 1. The molecule has 178 valence electrons. The molecule has 3 rings (SSSR count). The van der Waals surface area contributed by atoms with E-state index in [9.17, 15) is 14.4 Å². The largest absolute Gasteiger partial charge is 0.490 e. The zero-order valence-corrected chi connectivity index (χ0v) is 21.1. The van der Waals surface area contributed by atoms with E-state index in [1.165, 1.54) is 13.2 Å². The summed E-state index contributed by atoms with van der Waals surface area (Å²) in [4.78, 5) is 37.1. The van der Waals surface area contributed by atoms with E-state index < -0.39 is 24.5 Å². The molecule has 34 heavy (non-hydrogen) atoms. The van der Waals surface area contributed by atoms with Gasteiger partial charge in [0.1, 0.15) is 18.8 Å². The molecule has 9 heteroatoms. The molecule has 0 unspecified atom stereocenters. The first-order valence-corrected chi connectivity index (χ1v) is 11.6. The van der Waals surface area contributed by atoms with E-state index in [0.717, 1.165) is 19.6 Å². The maximum absolute atomic E-state index is 12.6. The Morgan fingerprint density at radius 2 is 1.91 bits per heavy atom. The van der Waals surface area contributed by atoms with Crippen LogP contribution in [0, 0.1) is 3.57 Å². The van der Waals surface area contributed by atoms with Crippen molar-refractivity contribution in [2.75, 3.05) is 20.3 Å². The number of halogens is 1. The molecule has 1 heterocycles. The number of imide groups is 1. The van der Waals surface area contributed by atoms with Crippen LogP contribution in [0.2, 0.25) is 0 Å². The summed E-state index contributed by atoms with van der Waals surface area (Å²) in [7, 11) is 1.19. The maximum Gasteiger partial charge on any atom is 0.329 e. The van der Waals surface area contributed by atoms with Crippen LogP contribution in [0.15, 0.2) is 54.8 Å². The van der Waals surface area contributed by atoms with Crippen molar-refractivity contribution in [3.05, 3.63) is 75.0 Å². The lowest BCUT2D eigenvalue weighted by Gasteiger charge is -2.17. The third-order valence-electron chi connectivity index (χ3n) is 4.90. The van der Waals surface area contributed by atoms with E-state index in [1.807, 2.05) is 37.3 Å². The lowest BCUT2D eigenvalue weighted by Crippen LogP contribution is -2.36. The van der Waals surface area contributed by atoms with E-state index in [0.29, 0.717) is 36.7 Å². The lowest BCUT2D eigenvalue weighted by atomic mass is 10.0. The number of ether oxygens (including phenoxy) is 3. The van der Waals surface area contributed by atoms with Gasteiger partial charge in [0.15, 0.2) is 11.5 Å². The summed E-state index contributed by atoms with van der Waals surface area (Å²) in [6.45, 7) is 6.00. The second-order valence-electron chi connectivity index (χ2n) is 7.30. The number of carbonyl (C=O) groups excluding carboxylic acids is 3. The van der Waals surface area contributed by atoms with Crippen LogP contribution in [0.25, 0.3) is 6.08 Å². The minimum absolute atomic E-state index is 0.0495. The van der Waals surface area contributed by atoms with Gasteiger partial charge in [-0.1, -0.05) is 18.2 Å². The number of rotatable bonds is 10. The summed E-state index contributed by atoms with van der Waals surface area (Å²) >= 11 is 2.25. The Kier molecular flexibility index (Phi) is 8.69. The van der Waals surface area contributed by atoms with Crippen LogP contribution in [0.3, 0.4) is 0 Å². The first-order valence-electron chi connectivity index (χ1n) is 10.6. The van der Waals surface area contributed by atoms with Gasteiger partial charge in [0.25, 0.3) is 5.91 Å². The second kappa shape index (κ2) is 11.7. The molecule has 8 nitrogen and oxygen atoms in total. The first kappa shape index (κ1) is 25.3. The van der Waals surface area contributed by atoms with Gasteiger partial charge in [-0.25, -0.2) is 9.69 Å². The van der Waals surface area contributed by atoms with E-state index in [1.54, 1.807) is 12.1 Å². The van der Waals surface area contributed by atoms with Crippen LogP contribution in [-0.2, 0) is 27.4 Å². The molecule has 2 aromatic rings. The minimum atomic E-state index is -0.689. The standard InChI is InChI=1S/C25H25IN2O6/c1-4-6-18-11-17(12-20-24(30)28(25(31)27-20)14-22(29)32-3)13-21(33-5-2)23(18)34-15-16-7-9-19(26)10-8-16/h4,7-13H,1,5-6,14-15H2,2-3H3,(H,27,31)/b20-12+. The van der Waals surface area contributed by atoms with Gasteiger partial charge in [-0.05, 0) is 77.4 Å². The fraction of sp³-hybridized carbons (Fsp3) is 0.240. The number of carbonyl (C=O) groups is 3. The molecular weight excluding hydrogens is 551 g/mol. The molecule has 1 fully saturated rings. The van der Waals surface area contributed by atoms with E-state index in [4.69, 9.17) is 9.47 Å². The zero-order chi connectivity index (χ0) is 24.7. The first-order chi connectivity index (χ1) is 16.4. The number of amides is 3. The molecule has 0 saturated carbocycles. The SMILES string of the molecule is C=CCc1cc(/C=C2/NC(=O)N(CC(=O)OC)C2=O)cc(OCC)c1OCc1ccc(I)cc1.